The smallest absolute Gasteiger partial charge is 0.256 e. The van der Waals surface area contributed by atoms with Crippen LogP contribution in [-0.4, -0.2) is 36.1 Å². The Labute approximate surface area is 165 Å². The van der Waals surface area contributed by atoms with Gasteiger partial charge in [0.15, 0.2) is 0 Å². The van der Waals surface area contributed by atoms with Crippen molar-refractivity contribution in [1.29, 1.82) is 0 Å². The summed E-state index contributed by atoms with van der Waals surface area (Å²) in [6.07, 6.45) is 1.56. The molecule has 0 bridgehead atoms. The predicted molar refractivity (Wildman–Crippen MR) is 105 cm³/mol. The van der Waals surface area contributed by atoms with E-state index in [2.05, 4.69) is 14.9 Å². The number of rotatable bonds is 4. The summed E-state index contributed by atoms with van der Waals surface area (Å²) in [5.41, 5.74) is 1.65. The topological polar surface area (TPSA) is 83.1 Å². The number of fused-ring (bicyclic) bond motifs is 1. The van der Waals surface area contributed by atoms with Gasteiger partial charge >= 0.3 is 0 Å². The molecule has 6 nitrogen and oxygen atoms in total. The molecule has 0 saturated carbocycles. The highest BCUT2D eigenvalue weighted by atomic mass is 32.2. The number of nitrogens with zero attached hydrogens (tertiary/aromatic N) is 2. The minimum absolute atomic E-state index is 0.259. The van der Waals surface area contributed by atoms with Crippen molar-refractivity contribution >= 4 is 21.2 Å². The van der Waals surface area contributed by atoms with E-state index in [-0.39, 0.29) is 11.0 Å². The number of halogens is 1. The number of aromatic nitrogens is 2. The van der Waals surface area contributed by atoms with Gasteiger partial charge in [-0.2, -0.15) is 0 Å². The molecule has 146 valence electrons. The number of sulfone groups is 1. The van der Waals surface area contributed by atoms with Crippen LogP contribution >= 0.6 is 11.3 Å². The minimum atomic E-state index is -3.55. The van der Waals surface area contributed by atoms with Gasteiger partial charge in [0.25, 0.3) is 5.56 Å². The second kappa shape index (κ2) is 7.23. The third kappa shape index (κ3) is 3.91. The van der Waals surface area contributed by atoms with Crippen LogP contribution in [-0.2, 0) is 29.3 Å². The van der Waals surface area contributed by atoms with Crippen molar-refractivity contribution in [3.8, 4) is 10.4 Å². The normalized spacial score (nSPS) is 14.8. The van der Waals surface area contributed by atoms with Crippen LogP contribution in [0.3, 0.4) is 0 Å². The molecule has 0 radical (unpaired) electrons. The molecule has 9 heteroatoms. The average Bonchev–Trinajstić information content (AvgIpc) is 3.10. The zero-order valence-corrected chi connectivity index (χ0v) is 16.7. The molecule has 1 N–H and O–H groups in total. The Hall–Kier alpha value is -2.36. The molecule has 2 aromatic heterocycles. The van der Waals surface area contributed by atoms with E-state index in [0.717, 1.165) is 21.6 Å². The van der Waals surface area contributed by atoms with Crippen molar-refractivity contribution in [2.24, 2.45) is 0 Å². The van der Waals surface area contributed by atoms with Crippen molar-refractivity contribution in [2.75, 3.05) is 12.8 Å². The Balaban J connectivity index is 1.51. The van der Waals surface area contributed by atoms with E-state index in [1.165, 1.54) is 12.1 Å². The van der Waals surface area contributed by atoms with Gasteiger partial charge in [0.2, 0.25) is 15.0 Å². The molecule has 1 aromatic carbocycles. The van der Waals surface area contributed by atoms with Crippen LogP contribution in [0.5, 0.6) is 0 Å². The first-order valence-corrected chi connectivity index (χ1v) is 11.4. The zero-order valence-electron chi connectivity index (χ0n) is 15.1. The number of thiophene rings is 1. The SMILES string of the molecule is CS(=O)(=O)c1nc2c(c(=O)[nH]1)CN(Cc1ccc(-c3ccc(F)cc3)s1)CC2. The standard InChI is InChI=1S/C19H18FN3O3S2/c1-28(25,26)19-21-16-8-9-23(11-15(16)18(24)22-19)10-14-6-7-17(27-14)12-2-4-13(20)5-3-12/h2-7H,8-11H2,1H3,(H,21,22,24). The predicted octanol–water partition coefficient (Wildman–Crippen LogP) is 2.60. The third-order valence-electron chi connectivity index (χ3n) is 4.65. The summed E-state index contributed by atoms with van der Waals surface area (Å²) in [4.78, 5) is 23.2. The third-order valence-corrected chi connectivity index (χ3v) is 6.66. The largest absolute Gasteiger partial charge is 0.297 e. The van der Waals surface area contributed by atoms with Crippen LogP contribution in [0.1, 0.15) is 16.1 Å². The van der Waals surface area contributed by atoms with Crippen LogP contribution < -0.4 is 5.56 Å². The lowest BCUT2D eigenvalue weighted by Crippen LogP contribution is -2.35. The van der Waals surface area contributed by atoms with E-state index >= 15 is 0 Å². The summed E-state index contributed by atoms with van der Waals surface area (Å²) in [5, 5.41) is -0.271. The van der Waals surface area contributed by atoms with E-state index in [1.54, 1.807) is 23.5 Å². The van der Waals surface area contributed by atoms with Crippen molar-refractivity contribution in [2.45, 2.75) is 24.7 Å². The fourth-order valence-electron chi connectivity index (χ4n) is 3.22. The molecule has 28 heavy (non-hydrogen) atoms. The van der Waals surface area contributed by atoms with Crippen LogP contribution in [0.15, 0.2) is 46.3 Å². The van der Waals surface area contributed by atoms with E-state index in [9.17, 15) is 17.6 Å². The van der Waals surface area contributed by atoms with Gasteiger partial charge < -0.3 is 0 Å². The lowest BCUT2D eigenvalue weighted by Gasteiger charge is -2.27. The highest BCUT2D eigenvalue weighted by molar-refractivity contribution is 7.90. The molecule has 0 amide bonds. The molecule has 0 saturated heterocycles. The van der Waals surface area contributed by atoms with Crippen molar-refractivity contribution in [1.82, 2.24) is 14.9 Å². The number of nitrogens with one attached hydrogen (secondary N) is 1. The van der Waals surface area contributed by atoms with Gasteiger partial charge in [-0.25, -0.2) is 17.8 Å². The van der Waals surface area contributed by atoms with E-state index < -0.39 is 15.4 Å². The fraction of sp³-hybridized carbons (Fsp3) is 0.263. The Morgan fingerprint density at radius 3 is 2.68 bits per heavy atom. The maximum absolute atomic E-state index is 13.1. The van der Waals surface area contributed by atoms with Gasteiger partial charge in [0.05, 0.1) is 11.3 Å². The second-order valence-corrected chi connectivity index (χ2v) is 9.90. The Bertz CT molecular complexity index is 1180. The lowest BCUT2D eigenvalue weighted by atomic mass is 10.1. The van der Waals surface area contributed by atoms with Gasteiger partial charge in [-0.15, -0.1) is 11.3 Å². The van der Waals surface area contributed by atoms with Crippen LogP contribution in [0.2, 0.25) is 0 Å². The maximum atomic E-state index is 13.1. The maximum Gasteiger partial charge on any atom is 0.256 e. The molecule has 0 fully saturated rings. The molecular formula is C19H18FN3O3S2. The summed E-state index contributed by atoms with van der Waals surface area (Å²) < 4.78 is 36.4. The fourth-order valence-corrected chi connectivity index (χ4v) is 4.83. The Morgan fingerprint density at radius 1 is 1.21 bits per heavy atom. The minimum Gasteiger partial charge on any atom is -0.297 e. The van der Waals surface area contributed by atoms with Crippen LogP contribution in [0.4, 0.5) is 4.39 Å². The van der Waals surface area contributed by atoms with Gasteiger partial charge in [0, 0.05) is 42.1 Å². The van der Waals surface area contributed by atoms with Crippen LogP contribution in [0, 0.1) is 5.82 Å². The highest BCUT2D eigenvalue weighted by Gasteiger charge is 2.23. The molecule has 0 aliphatic carbocycles. The number of benzene rings is 1. The van der Waals surface area contributed by atoms with E-state index in [1.807, 2.05) is 12.1 Å². The van der Waals surface area contributed by atoms with Crippen LogP contribution in [0.25, 0.3) is 10.4 Å². The average molecular weight is 420 g/mol. The summed E-state index contributed by atoms with van der Waals surface area (Å²) in [7, 11) is -3.55. The molecule has 4 rings (SSSR count). The van der Waals surface area contributed by atoms with Gasteiger partial charge in [-0.05, 0) is 29.8 Å². The Morgan fingerprint density at radius 2 is 1.96 bits per heavy atom. The highest BCUT2D eigenvalue weighted by Crippen LogP contribution is 2.29. The number of H-pyrrole nitrogens is 1. The van der Waals surface area contributed by atoms with Crippen molar-refractivity contribution in [3.05, 3.63) is 68.7 Å². The van der Waals surface area contributed by atoms with Gasteiger partial charge in [0.1, 0.15) is 5.82 Å². The number of aromatic amines is 1. The lowest BCUT2D eigenvalue weighted by molar-refractivity contribution is 0.243. The first-order valence-electron chi connectivity index (χ1n) is 8.69. The Kier molecular flexibility index (Phi) is 4.90. The monoisotopic (exact) mass is 419 g/mol. The van der Waals surface area contributed by atoms with Crippen molar-refractivity contribution in [3.63, 3.8) is 0 Å². The molecule has 1 aliphatic heterocycles. The molecule has 3 heterocycles. The van der Waals surface area contributed by atoms with E-state index in [0.29, 0.717) is 37.3 Å². The van der Waals surface area contributed by atoms with Gasteiger partial charge in [-0.3, -0.25) is 14.7 Å². The number of hydrogen-bond acceptors (Lipinski definition) is 6. The number of hydrogen-bond donors (Lipinski definition) is 1. The summed E-state index contributed by atoms with van der Waals surface area (Å²) in [6, 6.07) is 10.5. The molecular weight excluding hydrogens is 401 g/mol. The summed E-state index contributed by atoms with van der Waals surface area (Å²) in [6.45, 7) is 1.79. The molecule has 0 spiro atoms. The van der Waals surface area contributed by atoms with Crippen molar-refractivity contribution < 1.29 is 12.8 Å². The van der Waals surface area contributed by atoms with E-state index in [4.69, 9.17) is 0 Å². The summed E-state index contributed by atoms with van der Waals surface area (Å²) >= 11 is 1.63. The first-order chi connectivity index (χ1) is 13.3. The molecule has 3 aromatic rings. The van der Waals surface area contributed by atoms with Gasteiger partial charge in [-0.1, -0.05) is 12.1 Å². The zero-order chi connectivity index (χ0) is 19.9. The second-order valence-electron chi connectivity index (χ2n) is 6.80. The molecule has 0 atom stereocenters. The summed E-state index contributed by atoms with van der Waals surface area (Å²) in [5.74, 6) is -0.259. The first kappa shape index (κ1) is 19.0. The molecule has 0 unspecified atom stereocenters. The molecule has 1 aliphatic rings. The quantitative estimate of drug-likeness (QED) is 0.658.